The highest BCUT2D eigenvalue weighted by Crippen LogP contribution is 2.20. The second kappa shape index (κ2) is 7.05. The van der Waals surface area contributed by atoms with Gasteiger partial charge in [0.1, 0.15) is 0 Å². The normalized spacial score (nSPS) is 13.9. The number of hydrogen-bond donors (Lipinski definition) is 2. The highest BCUT2D eigenvalue weighted by atomic mass is 32.1. The summed E-state index contributed by atoms with van der Waals surface area (Å²) >= 11 is 5.19. The number of nitrogens with zero attached hydrogens (tertiary/aromatic N) is 1. The van der Waals surface area contributed by atoms with Crippen LogP contribution in [0.3, 0.4) is 0 Å². The van der Waals surface area contributed by atoms with E-state index in [0.717, 1.165) is 31.6 Å². The van der Waals surface area contributed by atoms with E-state index >= 15 is 0 Å². The summed E-state index contributed by atoms with van der Waals surface area (Å²) in [5, 5.41) is 6.56. The molecule has 106 valence electrons. The fourth-order valence-electron chi connectivity index (χ4n) is 2.20. The Balaban J connectivity index is 2.11. The number of likely N-dealkylation sites (tertiary alicyclic amines) is 1. The van der Waals surface area contributed by atoms with Crippen molar-refractivity contribution >= 4 is 28.9 Å². The van der Waals surface area contributed by atoms with Gasteiger partial charge in [-0.25, -0.2) is 0 Å². The molecule has 0 unspecified atom stereocenters. The summed E-state index contributed by atoms with van der Waals surface area (Å²) in [6, 6.07) is 7.46. The Labute approximate surface area is 124 Å². The van der Waals surface area contributed by atoms with Crippen LogP contribution in [0.15, 0.2) is 36.9 Å². The van der Waals surface area contributed by atoms with E-state index in [1.54, 1.807) is 6.08 Å². The summed E-state index contributed by atoms with van der Waals surface area (Å²) in [6.45, 7) is 5.90. The van der Waals surface area contributed by atoms with Gasteiger partial charge in [0.2, 0.25) is 0 Å². The van der Waals surface area contributed by atoms with Crippen LogP contribution >= 0.6 is 12.2 Å². The number of para-hydroxylation sites is 1. The van der Waals surface area contributed by atoms with E-state index in [9.17, 15) is 4.79 Å². The van der Waals surface area contributed by atoms with Gasteiger partial charge in [0.05, 0.1) is 11.3 Å². The van der Waals surface area contributed by atoms with E-state index in [4.69, 9.17) is 12.2 Å². The molecule has 0 aromatic heterocycles. The van der Waals surface area contributed by atoms with E-state index in [2.05, 4.69) is 17.2 Å². The first-order valence-corrected chi connectivity index (χ1v) is 7.17. The number of hydrogen-bond acceptors (Lipinski definition) is 2. The van der Waals surface area contributed by atoms with Gasteiger partial charge in [-0.1, -0.05) is 18.2 Å². The lowest BCUT2D eigenvalue weighted by molar-refractivity contribution is 0.0794. The zero-order chi connectivity index (χ0) is 14.4. The predicted octanol–water partition coefficient (Wildman–Crippen LogP) is 2.40. The van der Waals surface area contributed by atoms with Gasteiger partial charge in [0.25, 0.3) is 5.91 Å². The average Bonchev–Trinajstić information content (AvgIpc) is 2.99. The van der Waals surface area contributed by atoms with Gasteiger partial charge in [-0.05, 0) is 37.2 Å². The van der Waals surface area contributed by atoms with Crippen LogP contribution < -0.4 is 10.6 Å². The average molecular weight is 289 g/mol. The molecule has 0 bridgehead atoms. The van der Waals surface area contributed by atoms with Crippen molar-refractivity contribution in [3.8, 4) is 0 Å². The third-order valence-corrected chi connectivity index (χ3v) is 3.45. The van der Waals surface area contributed by atoms with Gasteiger partial charge in [0, 0.05) is 19.6 Å². The molecule has 1 aliphatic heterocycles. The molecule has 1 amide bonds. The number of thiocarbonyl (C=S) groups is 1. The molecule has 0 radical (unpaired) electrons. The molecule has 0 atom stereocenters. The molecular weight excluding hydrogens is 270 g/mol. The van der Waals surface area contributed by atoms with Crippen molar-refractivity contribution in [2.24, 2.45) is 0 Å². The first-order chi connectivity index (χ1) is 9.72. The zero-order valence-corrected chi connectivity index (χ0v) is 12.2. The van der Waals surface area contributed by atoms with Crippen molar-refractivity contribution in [1.29, 1.82) is 0 Å². The maximum Gasteiger partial charge on any atom is 0.255 e. The molecule has 1 heterocycles. The van der Waals surface area contributed by atoms with Crippen LogP contribution in [-0.2, 0) is 0 Å². The Morgan fingerprint density at radius 1 is 1.35 bits per heavy atom. The van der Waals surface area contributed by atoms with Crippen molar-refractivity contribution in [3.05, 3.63) is 42.5 Å². The summed E-state index contributed by atoms with van der Waals surface area (Å²) in [5.41, 5.74) is 1.41. The van der Waals surface area contributed by atoms with Gasteiger partial charge >= 0.3 is 0 Å². The molecule has 2 N–H and O–H groups in total. The van der Waals surface area contributed by atoms with Crippen molar-refractivity contribution in [2.45, 2.75) is 12.8 Å². The number of carbonyl (C=O) groups excluding carboxylic acids is 1. The van der Waals surface area contributed by atoms with Crippen LogP contribution in [0, 0.1) is 0 Å². The van der Waals surface area contributed by atoms with Gasteiger partial charge in [-0.3, -0.25) is 4.79 Å². The zero-order valence-electron chi connectivity index (χ0n) is 11.4. The monoisotopic (exact) mass is 289 g/mol. The third-order valence-electron chi connectivity index (χ3n) is 3.21. The standard InChI is InChI=1S/C15H19N3OS/c1-2-9-16-15(20)17-13-8-4-3-7-12(13)14(19)18-10-5-6-11-18/h2-4,7-8H,1,5-6,9-11H2,(H2,16,17,20). The van der Waals surface area contributed by atoms with Crippen LogP contribution in [-0.4, -0.2) is 35.6 Å². The Bertz CT molecular complexity index is 510. The van der Waals surface area contributed by atoms with E-state index in [0.29, 0.717) is 17.2 Å². The van der Waals surface area contributed by atoms with Crippen LogP contribution in [0.4, 0.5) is 5.69 Å². The van der Waals surface area contributed by atoms with Crippen molar-refractivity contribution in [1.82, 2.24) is 10.2 Å². The smallest absolute Gasteiger partial charge is 0.255 e. The summed E-state index contributed by atoms with van der Waals surface area (Å²) in [5.74, 6) is 0.0668. The number of rotatable bonds is 4. The summed E-state index contributed by atoms with van der Waals surface area (Å²) < 4.78 is 0. The molecule has 20 heavy (non-hydrogen) atoms. The summed E-state index contributed by atoms with van der Waals surface area (Å²) in [4.78, 5) is 14.4. The van der Waals surface area contributed by atoms with Gasteiger partial charge in [-0.2, -0.15) is 0 Å². The molecule has 2 rings (SSSR count). The van der Waals surface area contributed by atoms with Crippen LogP contribution in [0.25, 0.3) is 0 Å². The molecule has 1 fully saturated rings. The predicted molar refractivity (Wildman–Crippen MR) is 86.0 cm³/mol. The third kappa shape index (κ3) is 3.57. The topological polar surface area (TPSA) is 44.4 Å². The van der Waals surface area contributed by atoms with E-state index in [1.807, 2.05) is 29.2 Å². The molecule has 4 nitrogen and oxygen atoms in total. The quantitative estimate of drug-likeness (QED) is 0.660. The minimum atomic E-state index is 0.0668. The van der Waals surface area contributed by atoms with Crippen LogP contribution in [0.2, 0.25) is 0 Å². The molecule has 5 heteroatoms. The first kappa shape index (κ1) is 14.5. The Hall–Kier alpha value is -1.88. The van der Waals surface area contributed by atoms with Gasteiger partial charge in [-0.15, -0.1) is 6.58 Å². The summed E-state index contributed by atoms with van der Waals surface area (Å²) in [6.07, 6.45) is 3.90. The number of carbonyl (C=O) groups is 1. The van der Waals surface area contributed by atoms with E-state index in [-0.39, 0.29) is 5.91 Å². The first-order valence-electron chi connectivity index (χ1n) is 6.76. The molecule has 0 saturated carbocycles. The molecule has 0 aliphatic carbocycles. The molecule has 1 aromatic carbocycles. The maximum absolute atomic E-state index is 12.5. The lowest BCUT2D eigenvalue weighted by Crippen LogP contribution is -2.31. The highest BCUT2D eigenvalue weighted by molar-refractivity contribution is 7.80. The maximum atomic E-state index is 12.5. The van der Waals surface area contributed by atoms with E-state index in [1.165, 1.54) is 0 Å². The van der Waals surface area contributed by atoms with Crippen molar-refractivity contribution in [2.75, 3.05) is 25.0 Å². The Kier molecular flexibility index (Phi) is 5.12. The SMILES string of the molecule is C=CCNC(=S)Nc1ccccc1C(=O)N1CCCC1. The molecule has 1 aliphatic rings. The fourth-order valence-corrected chi connectivity index (χ4v) is 2.39. The van der Waals surface area contributed by atoms with Crippen molar-refractivity contribution < 1.29 is 4.79 Å². The molecule has 0 spiro atoms. The Morgan fingerprint density at radius 3 is 2.75 bits per heavy atom. The van der Waals surface area contributed by atoms with Gasteiger partial charge < -0.3 is 15.5 Å². The van der Waals surface area contributed by atoms with Crippen LogP contribution in [0.5, 0.6) is 0 Å². The Morgan fingerprint density at radius 2 is 2.05 bits per heavy atom. The largest absolute Gasteiger partial charge is 0.359 e. The molecule has 1 saturated heterocycles. The lowest BCUT2D eigenvalue weighted by atomic mass is 10.1. The lowest BCUT2D eigenvalue weighted by Gasteiger charge is -2.18. The number of anilines is 1. The van der Waals surface area contributed by atoms with Gasteiger partial charge in [0.15, 0.2) is 5.11 Å². The highest BCUT2D eigenvalue weighted by Gasteiger charge is 2.21. The number of benzene rings is 1. The summed E-state index contributed by atoms with van der Waals surface area (Å²) in [7, 11) is 0. The number of nitrogens with one attached hydrogen (secondary N) is 2. The fraction of sp³-hybridized carbons (Fsp3) is 0.333. The molecular formula is C15H19N3OS. The minimum Gasteiger partial charge on any atom is -0.359 e. The van der Waals surface area contributed by atoms with Crippen molar-refractivity contribution in [3.63, 3.8) is 0 Å². The number of amides is 1. The van der Waals surface area contributed by atoms with E-state index < -0.39 is 0 Å². The minimum absolute atomic E-state index is 0.0668. The second-order valence-corrected chi connectivity index (χ2v) is 5.08. The molecule has 1 aromatic rings. The second-order valence-electron chi connectivity index (χ2n) is 4.67. The van der Waals surface area contributed by atoms with Crippen LogP contribution in [0.1, 0.15) is 23.2 Å².